The summed E-state index contributed by atoms with van der Waals surface area (Å²) >= 11 is 0. The maximum atomic E-state index is 2.65. The van der Waals surface area contributed by atoms with Gasteiger partial charge in [-0.25, -0.2) is 0 Å². The van der Waals surface area contributed by atoms with Gasteiger partial charge >= 0.3 is 0 Å². The van der Waals surface area contributed by atoms with Crippen LogP contribution >= 0.6 is 0 Å². The topological polar surface area (TPSA) is 3.24 Å². The van der Waals surface area contributed by atoms with E-state index in [1.165, 1.54) is 88.1 Å². The molecule has 2 aliphatic rings. The fourth-order valence-electron chi connectivity index (χ4n) is 11.4. The van der Waals surface area contributed by atoms with Crippen molar-refractivity contribution < 1.29 is 0 Å². The summed E-state index contributed by atoms with van der Waals surface area (Å²) in [6.45, 7) is 2.47. The minimum atomic E-state index is -0.539. The monoisotopic (exact) mass is 803 g/mol. The van der Waals surface area contributed by atoms with Crippen LogP contribution in [0.4, 0.5) is 11.4 Å². The zero-order valence-electron chi connectivity index (χ0n) is 35.2. The fraction of sp³-hybridized carbons (Fsp3) is 0.0645. The first kappa shape index (κ1) is 37.1. The molecule has 0 spiro atoms. The lowest BCUT2D eigenvalue weighted by Crippen LogP contribution is -2.49. The summed E-state index contributed by atoms with van der Waals surface area (Å²) < 4.78 is 0. The number of rotatable bonds is 7. The van der Waals surface area contributed by atoms with Gasteiger partial charge in [-0.2, -0.15) is 0 Å². The normalized spacial score (nSPS) is 17.3. The van der Waals surface area contributed by atoms with Gasteiger partial charge in [-0.1, -0.05) is 231 Å². The molecule has 0 heterocycles. The van der Waals surface area contributed by atoms with Gasteiger partial charge in [0.05, 0.1) is 11.0 Å². The van der Waals surface area contributed by atoms with Crippen molar-refractivity contribution in [2.24, 2.45) is 0 Å². The van der Waals surface area contributed by atoms with E-state index in [0.29, 0.717) is 0 Å². The zero-order valence-corrected chi connectivity index (χ0v) is 35.2. The number of fused-ring (bicyclic) bond motifs is 7. The summed E-state index contributed by atoms with van der Waals surface area (Å²) in [5.41, 5.74) is 12.8. The molecular weight excluding hydrogens is 759 g/mol. The molecule has 0 aromatic heterocycles. The molecule has 298 valence electrons. The largest absolute Gasteiger partial charge is 0.331 e. The van der Waals surface area contributed by atoms with E-state index in [9.17, 15) is 0 Å². The molecule has 0 radical (unpaired) electrons. The highest BCUT2D eigenvalue weighted by Crippen LogP contribution is 2.63. The predicted octanol–water partition coefficient (Wildman–Crippen LogP) is 16.0. The van der Waals surface area contributed by atoms with Crippen LogP contribution < -0.4 is 4.90 Å². The second-order valence-electron chi connectivity index (χ2n) is 17.3. The Kier molecular flexibility index (Phi) is 8.66. The van der Waals surface area contributed by atoms with Crippen molar-refractivity contribution in [3.05, 3.63) is 277 Å². The smallest absolute Gasteiger partial charge is 0.0715 e. The van der Waals surface area contributed by atoms with Crippen molar-refractivity contribution in [3.63, 3.8) is 0 Å². The highest BCUT2D eigenvalue weighted by Gasteiger charge is 2.57. The third-order valence-electron chi connectivity index (χ3n) is 14.1. The number of hydrogen-bond acceptors (Lipinski definition) is 1. The van der Waals surface area contributed by atoms with Gasteiger partial charge in [-0.15, -0.1) is 0 Å². The van der Waals surface area contributed by atoms with Crippen molar-refractivity contribution in [1.29, 1.82) is 0 Å². The third-order valence-corrected chi connectivity index (χ3v) is 14.1. The van der Waals surface area contributed by atoms with Crippen molar-refractivity contribution in [2.45, 2.75) is 23.8 Å². The van der Waals surface area contributed by atoms with Crippen LogP contribution in [0.5, 0.6) is 0 Å². The first-order valence-electron chi connectivity index (χ1n) is 22.1. The summed E-state index contributed by atoms with van der Waals surface area (Å²) in [7, 11) is 0. The zero-order chi connectivity index (χ0) is 42.0. The Morgan fingerprint density at radius 1 is 0.413 bits per heavy atom. The van der Waals surface area contributed by atoms with Gasteiger partial charge in [0.15, 0.2) is 0 Å². The number of hydrogen-bond donors (Lipinski definition) is 0. The average molecular weight is 804 g/mol. The number of allylic oxidation sites excluding steroid dienone is 2. The molecule has 0 fully saturated rings. The van der Waals surface area contributed by atoms with Crippen LogP contribution in [0.25, 0.3) is 54.6 Å². The van der Waals surface area contributed by atoms with Crippen LogP contribution in [-0.2, 0) is 5.41 Å². The maximum Gasteiger partial charge on any atom is 0.0715 e. The van der Waals surface area contributed by atoms with Gasteiger partial charge < -0.3 is 4.90 Å². The van der Waals surface area contributed by atoms with Gasteiger partial charge in [0, 0.05) is 22.7 Å². The highest BCUT2D eigenvalue weighted by molar-refractivity contribution is 6.12. The Morgan fingerprint density at radius 2 is 0.984 bits per heavy atom. The van der Waals surface area contributed by atoms with E-state index in [-0.39, 0.29) is 5.92 Å². The van der Waals surface area contributed by atoms with E-state index in [1.807, 2.05) is 0 Å². The first-order valence-corrected chi connectivity index (χ1v) is 22.1. The number of anilines is 2. The average Bonchev–Trinajstić information content (AvgIpc) is 3.67. The lowest BCUT2D eigenvalue weighted by molar-refractivity contribution is 0.482. The molecule has 10 aromatic rings. The molecule has 0 aliphatic heterocycles. The molecular formula is C62H45N. The van der Waals surface area contributed by atoms with Crippen LogP contribution in [0.15, 0.2) is 254 Å². The molecule has 0 saturated carbocycles. The van der Waals surface area contributed by atoms with E-state index in [2.05, 4.69) is 261 Å². The third kappa shape index (κ3) is 5.63. The van der Waals surface area contributed by atoms with E-state index < -0.39 is 11.0 Å². The van der Waals surface area contributed by atoms with Gasteiger partial charge in [0.1, 0.15) is 0 Å². The quantitative estimate of drug-likeness (QED) is 0.145. The molecule has 0 saturated heterocycles. The fourth-order valence-corrected chi connectivity index (χ4v) is 11.4. The van der Waals surface area contributed by atoms with Crippen LogP contribution in [0.2, 0.25) is 0 Å². The summed E-state index contributed by atoms with van der Waals surface area (Å²) in [5, 5.41) is 7.54. The molecule has 63 heavy (non-hydrogen) atoms. The second kappa shape index (κ2) is 14.7. The van der Waals surface area contributed by atoms with E-state index in [1.54, 1.807) is 0 Å². The molecule has 2 aliphatic carbocycles. The molecule has 2 unspecified atom stereocenters. The van der Waals surface area contributed by atoms with E-state index in [4.69, 9.17) is 0 Å². The van der Waals surface area contributed by atoms with Crippen LogP contribution in [0.1, 0.15) is 35.1 Å². The molecule has 2 atom stereocenters. The highest BCUT2D eigenvalue weighted by atomic mass is 15.2. The second-order valence-corrected chi connectivity index (χ2v) is 17.3. The lowest BCUT2D eigenvalue weighted by Gasteiger charge is -2.49. The van der Waals surface area contributed by atoms with E-state index in [0.717, 1.165) is 5.69 Å². The molecule has 1 heteroatoms. The Labute approximate surface area is 369 Å². The van der Waals surface area contributed by atoms with Crippen molar-refractivity contribution in [1.82, 2.24) is 0 Å². The SMILES string of the molecule is CC1(N(c2ccc(-c3cccc4c3ccc3ccccc34)cc2)c2ccc(-c3ccccc3)c3ccccc23)C=CC=C2C1c1ccccc1C2(c1ccccc1)c1ccccc1. The lowest BCUT2D eigenvalue weighted by atomic mass is 9.63. The minimum absolute atomic E-state index is 0.0118. The van der Waals surface area contributed by atoms with Crippen LogP contribution in [-0.4, -0.2) is 5.54 Å². The predicted molar refractivity (Wildman–Crippen MR) is 266 cm³/mol. The van der Waals surface area contributed by atoms with Gasteiger partial charge in [0.2, 0.25) is 0 Å². The molecule has 0 bridgehead atoms. The van der Waals surface area contributed by atoms with E-state index >= 15 is 0 Å². The summed E-state index contributed by atoms with van der Waals surface area (Å²) in [6, 6.07) is 85.4. The van der Waals surface area contributed by atoms with Gasteiger partial charge in [-0.05, 0) is 102 Å². The minimum Gasteiger partial charge on any atom is -0.331 e. The van der Waals surface area contributed by atoms with Crippen LogP contribution in [0.3, 0.4) is 0 Å². The summed E-state index contributed by atoms with van der Waals surface area (Å²) in [6.07, 6.45) is 7.23. The Balaban J connectivity index is 1.09. The Bertz CT molecular complexity index is 3360. The molecule has 0 N–H and O–H groups in total. The van der Waals surface area contributed by atoms with Crippen molar-refractivity contribution in [3.8, 4) is 22.3 Å². The molecule has 12 rings (SSSR count). The Hall–Kier alpha value is -7.74. The maximum absolute atomic E-state index is 2.65. The first-order chi connectivity index (χ1) is 31.1. The molecule has 1 nitrogen and oxygen atoms in total. The molecule has 10 aromatic carbocycles. The van der Waals surface area contributed by atoms with Gasteiger partial charge in [-0.3, -0.25) is 0 Å². The van der Waals surface area contributed by atoms with Crippen molar-refractivity contribution >= 4 is 43.7 Å². The van der Waals surface area contributed by atoms with Gasteiger partial charge in [0.25, 0.3) is 0 Å². The summed E-state index contributed by atoms with van der Waals surface area (Å²) in [4.78, 5) is 2.65. The molecule has 0 amide bonds. The number of benzene rings is 10. The Morgan fingerprint density at radius 3 is 1.73 bits per heavy atom. The van der Waals surface area contributed by atoms with Crippen molar-refractivity contribution in [2.75, 3.05) is 4.90 Å². The standard InChI is InChI=1S/C62H45N/c1-61(42-18-33-58-60(61)56-29-15-16-32-57(56)62(58,46-22-7-3-8-23-46)47-24-9-4-10-25-47)63(59-41-40-51(43-19-5-2-6-20-43)53-27-13-14-28-55(53)59)48-37-34-45(35-38-48)50-30-17-31-52-49-26-12-11-21-44(49)36-39-54(50)52/h2-42,60H,1H3. The van der Waals surface area contributed by atoms with Crippen LogP contribution in [0, 0.1) is 0 Å². The summed E-state index contributed by atoms with van der Waals surface area (Å²) in [5.74, 6) is 0.0118. The number of nitrogens with zero attached hydrogens (tertiary/aromatic N) is 1.